The molecule has 21 heavy (non-hydrogen) atoms. The molecule has 0 bridgehead atoms. The Morgan fingerprint density at radius 2 is 2.05 bits per heavy atom. The van der Waals surface area contributed by atoms with Crippen molar-refractivity contribution in [3.8, 4) is 5.75 Å². The van der Waals surface area contributed by atoms with E-state index in [4.69, 9.17) is 4.74 Å². The third-order valence-corrected chi connectivity index (χ3v) is 3.82. The van der Waals surface area contributed by atoms with Gasteiger partial charge in [0.1, 0.15) is 5.75 Å². The molecule has 0 spiro atoms. The Kier molecular flexibility index (Phi) is 2.71. The Balaban J connectivity index is 1.82. The van der Waals surface area contributed by atoms with E-state index in [0.717, 1.165) is 28.6 Å². The average molecular weight is 275 g/mol. The molecule has 0 saturated heterocycles. The van der Waals surface area contributed by atoms with E-state index in [2.05, 4.69) is 4.98 Å². The van der Waals surface area contributed by atoms with E-state index >= 15 is 0 Å². The predicted octanol–water partition coefficient (Wildman–Crippen LogP) is 3.40. The van der Waals surface area contributed by atoms with Crippen molar-refractivity contribution in [1.82, 2.24) is 4.98 Å². The van der Waals surface area contributed by atoms with Gasteiger partial charge in [0.15, 0.2) is 5.78 Å². The van der Waals surface area contributed by atoms with Crippen molar-refractivity contribution in [2.75, 3.05) is 6.61 Å². The molecule has 0 saturated carbocycles. The van der Waals surface area contributed by atoms with E-state index in [1.54, 1.807) is 6.20 Å². The molecule has 0 N–H and O–H groups in total. The zero-order chi connectivity index (χ0) is 14.2. The lowest BCUT2D eigenvalue weighted by molar-refractivity contribution is 0.103. The molecule has 0 radical (unpaired) electrons. The van der Waals surface area contributed by atoms with Crippen LogP contribution in [0.3, 0.4) is 0 Å². The van der Waals surface area contributed by atoms with Gasteiger partial charge in [-0.2, -0.15) is 0 Å². The minimum atomic E-state index is -0.000460. The average Bonchev–Trinajstić information content (AvgIpc) is 3.02. The van der Waals surface area contributed by atoms with Crippen LogP contribution in [0.4, 0.5) is 0 Å². The summed E-state index contributed by atoms with van der Waals surface area (Å²) in [4.78, 5) is 17.0. The highest BCUT2D eigenvalue weighted by molar-refractivity contribution is 6.12. The molecule has 0 amide bonds. The van der Waals surface area contributed by atoms with Gasteiger partial charge >= 0.3 is 0 Å². The molecule has 102 valence electrons. The van der Waals surface area contributed by atoms with Crippen molar-refractivity contribution < 1.29 is 9.53 Å². The normalized spacial score (nSPS) is 13.0. The maximum absolute atomic E-state index is 12.7. The molecule has 2 aromatic carbocycles. The van der Waals surface area contributed by atoms with Gasteiger partial charge in [-0.15, -0.1) is 0 Å². The minimum Gasteiger partial charge on any atom is -0.492 e. The van der Waals surface area contributed by atoms with Gasteiger partial charge < -0.3 is 4.74 Å². The lowest BCUT2D eigenvalue weighted by Gasteiger charge is -2.07. The number of ketones is 1. The number of fused-ring (bicyclic) bond motifs is 2. The summed E-state index contributed by atoms with van der Waals surface area (Å²) in [6.07, 6.45) is 2.62. The summed E-state index contributed by atoms with van der Waals surface area (Å²) in [7, 11) is 0. The molecule has 3 heteroatoms. The maximum Gasteiger partial charge on any atom is 0.196 e. The zero-order valence-corrected chi connectivity index (χ0v) is 11.4. The molecule has 0 unspecified atom stereocenters. The molecule has 4 rings (SSSR count). The van der Waals surface area contributed by atoms with Crippen LogP contribution in [0.15, 0.2) is 54.7 Å². The highest BCUT2D eigenvalue weighted by atomic mass is 16.5. The Morgan fingerprint density at radius 3 is 3.00 bits per heavy atom. The Morgan fingerprint density at radius 1 is 1.10 bits per heavy atom. The largest absolute Gasteiger partial charge is 0.492 e. The van der Waals surface area contributed by atoms with E-state index in [1.807, 2.05) is 48.5 Å². The number of hydrogen-bond acceptors (Lipinski definition) is 3. The van der Waals surface area contributed by atoms with E-state index in [9.17, 15) is 4.79 Å². The summed E-state index contributed by atoms with van der Waals surface area (Å²) < 4.78 is 5.63. The van der Waals surface area contributed by atoms with E-state index in [-0.39, 0.29) is 5.78 Å². The summed E-state index contributed by atoms with van der Waals surface area (Å²) in [5.41, 5.74) is 3.32. The standard InChI is InChI=1S/C18H13NO2/c20-17(15-5-1-3-12-8-10-21-18(12)15)14-6-7-16-13(11-14)4-2-9-19-16/h1-7,9,11H,8,10H2. The molecule has 1 aliphatic heterocycles. The lowest BCUT2D eigenvalue weighted by atomic mass is 9.98. The van der Waals surface area contributed by atoms with Crippen LogP contribution in [0.5, 0.6) is 5.75 Å². The van der Waals surface area contributed by atoms with Crippen molar-refractivity contribution in [1.29, 1.82) is 0 Å². The molecule has 3 aromatic rings. The van der Waals surface area contributed by atoms with Crippen molar-refractivity contribution >= 4 is 16.7 Å². The lowest BCUT2D eigenvalue weighted by Crippen LogP contribution is -2.03. The summed E-state index contributed by atoms with van der Waals surface area (Å²) in [5.74, 6) is 0.744. The van der Waals surface area contributed by atoms with Crippen LogP contribution in [0.2, 0.25) is 0 Å². The van der Waals surface area contributed by atoms with Gasteiger partial charge in [-0.25, -0.2) is 0 Å². The summed E-state index contributed by atoms with van der Waals surface area (Å²) >= 11 is 0. The third-order valence-electron chi connectivity index (χ3n) is 3.82. The second kappa shape index (κ2) is 4.70. The number of rotatable bonds is 2. The fraction of sp³-hybridized carbons (Fsp3) is 0.111. The van der Waals surface area contributed by atoms with Crippen LogP contribution in [-0.4, -0.2) is 17.4 Å². The first kappa shape index (κ1) is 12.1. The van der Waals surface area contributed by atoms with Crippen LogP contribution in [0, 0.1) is 0 Å². The minimum absolute atomic E-state index is 0.000460. The number of para-hydroxylation sites is 1. The van der Waals surface area contributed by atoms with Gasteiger partial charge in [-0.05, 0) is 35.9 Å². The Bertz CT molecular complexity index is 855. The van der Waals surface area contributed by atoms with Gasteiger partial charge in [0.25, 0.3) is 0 Å². The molecular formula is C18H13NO2. The molecule has 0 atom stereocenters. The van der Waals surface area contributed by atoms with Gasteiger partial charge in [0, 0.05) is 23.6 Å². The number of aromatic nitrogens is 1. The predicted molar refractivity (Wildman–Crippen MR) is 80.8 cm³/mol. The zero-order valence-electron chi connectivity index (χ0n) is 11.4. The van der Waals surface area contributed by atoms with E-state index in [0.29, 0.717) is 17.7 Å². The molecule has 1 aliphatic rings. The quantitative estimate of drug-likeness (QED) is 0.673. The fourth-order valence-electron chi connectivity index (χ4n) is 2.77. The monoisotopic (exact) mass is 275 g/mol. The van der Waals surface area contributed by atoms with Crippen LogP contribution < -0.4 is 4.74 Å². The van der Waals surface area contributed by atoms with E-state index in [1.165, 1.54) is 0 Å². The van der Waals surface area contributed by atoms with Crippen molar-refractivity contribution in [2.24, 2.45) is 0 Å². The van der Waals surface area contributed by atoms with Crippen LogP contribution in [0.25, 0.3) is 10.9 Å². The number of hydrogen-bond donors (Lipinski definition) is 0. The number of ether oxygens (including phenoxy) is 1. The molecule has 2 heterocycles. The first-order chi connectivity index (χ1) is 10.3. The number of carbonyl (C=O) groups excluding carboxylic acids is 1. The number of pyridine rings is 1. The smallest absolute Gasteiger partial charge is 0.196 e. The van der Waals surface area contributed by atoms with Gasteiger partial charge in [0.2, 0.25) is 0 Å². The molecule has 0 aliphatic carbocycles. The van der Waals surface area contributed by atoms with Crippen molar-refractivity contribution in [3.05, 3.63) is 71.4 Å². The van der Waals surface area contributed by atoms with Crippen LogP contribution >= 0.6 is 0 Å². The second-order valence-electron chi connectivity index (χ2n) is 5.13. The highest BCUT2D eigenvalue weighted by Gasteiger charge is 2.21. The Labute approximate surface area is 122 Å². The number of nitrogens with zero attached hydrogens (tertiary/aromatic N) is 1. The SMILES string of the molecule is O=C(c1ccc2ncccc2c1)c1cccc2c1OCC2. The van der Waals surface area contributed by atoms with Crippen LogP contribution in [0.1, 0.15) is 21.5 Å². The van der Waals surface area contributed by atoms with Gasteiger partial charge in [-0.1, -0.05) is 18.2 Å². The summed E-state index contributed by atoms with van der Waals surface area (Å²) in [6.45, 7) is 0.654. The number of benzene rings is 2. The molecule has 1 aromatic heterocycles. The molecule has 0 fully saturated rings. The molecule has 3 nitrogen and oxygen atoms in total. The number of carbonyl (C=O) groups is 1. The van der Waals surface area contributed by atoms with Gasteiger partial charge in [-0.3, -0.25) is 9.78 Å². The summed E-state index contributed by atoms with van der Waals surface area (Å²) in [6, 6.07) is 15.2. The second-order valence-corrected chi connectivity index (χ2v) is 5.13. The van der Waals surface area contributed by atoms with Gasteiger partial charge in [0.05, 0.1) is 17.7 Å². The van der Waals surface area contributed by atoms with Crippen LogP contribution in [-0.2, 0) is 6.42 Å². The highest BCUT2D eigenvalue weighted by Crippen LogP contribution is 2.31. The maximum atomic E-state index is 12.7. The third kappa shape index (κ3) is 1.98. The first-order valence-corrected chi connectivity index (χ1v) is 6.97. The van der Waals surface area contributed by atoms with Crippen molar-refractivity contribution in [3.63, 3.8) is 0 Å². The topological polar surface area (TPSA) is 39.2 Å². The summed E-state index contributed by atoms with van der Waals surface area (Å²) in [5, 5.41) is 0.969. The fourth-order valence-corrected chi connectivity index (χ4v) is 2.77. The van der Waals surface area contributed by atoms with E-state index < -0.39 is 0 Å². The molecular weight excluding hydrogens is 262 g/mol. The Hall–Kier alpha value is -2.68. The first-order valence-electron chi connectivity index (χ1n) is 6.97. The van der Waals surface area contributed by atoms with Crippen molar-refractivity contribution in [2.45, 2.75) is 6.42 Å².